The number of hydrogen-bond acceptors (Lipinski definition) is 4. The van der Waals surface area contributed by atoms with E-state index in [0.717, 1.165) is 11.3 Å². The SMILES string of the molecule is CCOc1ccc(CC(=O)N2C[C@@H](COC)OC(C)(C)C2)cc1. The zero-order chi connectivity index (χ0) is 16.9. The highest BCUT2D eigenvalue weighted by Crippen LogP contribution is 2.22. The minimum atomic E-state index is -0.351. The summed E-state index contributed by atoms with van der Waals surface area (Å²) in [5.74, 6) is 0.947. The third-order valence-electron chi connectivity index (χ3n) is 3.78. The Morgan fingerprint density at radius 2 is 2.04 bits per heavy atom. The summed E-state index contributed by atoms with van der Waals surface area (Å²) in [5.41, 5.74) is 0.640. The summed E-state index contributed by atoms with van der Waals surface area (Å²) in [7, 11) is 1.65. The van der Waals surface area contributed by atoms with Crippen LogP contribution in [0.3, 0.4) is 0 Å². The number of methoxy groups -OCH3 is 1. The Kier molecular flexibility index (Phi) is 6.02. The molecule has 1 amide bonds. The molecule has 0 radical (unpaired) electrons. The van der Waals surface area contributed by atoms with Crippen molar-refractivity contribution in [1.82, 2.24) is 4.90 Å². The smallest absolute Gasteiger partial charge is 0.227 e. The van der Waals surface area contributed by atoms with Crippen LogP contribution >= 0.6 is 0 Å². The van der Waals surface area contributed by atoms with Crippen LogP contribution in [0, 0.1) is 0 Å². The van der Waals surface area contributed by atoms with E-state index in [2.05, 4.69) is 0 Å². The van der Waals surface area contributed by atoms with Crippen molar-refractivity contribution in [2.24, 2.45) is 0 Å². The lowest BCUT2D eigenvalue weighted by atomic mass is 10.0. The lowest BCUT2D eigenvalue weighted by Crippen LogP contribution is -2.56. The third kappa shape index (κ3) is 5.22. The average molecular weight is 321 g/mol. The number of carbonyl (C=O) groups excluding carboxylic acids is 1. The predicted octanol–water partition coefficient (Wildman–Crippen LogP) is 2.28. The molecule has 1 saturated heterocycles. The second kappa shape index (κ2) is 7.79. The molecule has 1 heterocycles. The van der Waals surface area contributed by atoms with E-state index in [1.807, 2.05) is 49.9 Å². The van der Waals surface area contributed by atoms with Crippen LogP contribution in [0.5, 0.6) is 5.75 Å². The number of rotatable bonds is 6. The zero-order valence-corrected chi connectivity index (χ0v) is 14.5. The van der Waals surface area contributed by atoms with Gasteiger partial charge in [0, 0.05) is 20.2 Å². The Morgan fingerprint density at radius 3 is 2.65 bits per heavy atom. The monoisotopic (exact) mass is 321 g/mol. The molecule has 1 aliphatic heterocycles. The molecular formula is C18H27NO4. The first kappa shape index (κ1) is 17.8. The third-order valence-corrected chi connectivity index (χ3v) is 3.78. The Labute approximate surface area is 138 Å². The van der Waals surface area contributed by atoms with E-state index < -0.39 is 0 Å². The van der Waals surface area contributed by atoms with Crippen molar-refractivity contribution in [3.05, 3.63) is 29.8 Å². The highest BCUT2D eigenvalue weighted by Gasteiger charge is 2.35. The van der Waals surface area contributed by atoms with Gasteiger partial charge in [-0.25, -0.2) is 0 Å². The Bertz CT molecular complexity index is 512. The van der Waals surface area contributed by atoms with E-state index in [1.54, 1.807) is 7.11 Å². The van der Waals surface area contributed by atoms with Crippen LogP contribution in [-0.2, 0) is 20.7 Å². The number of carbonyl (C=O) groups is 1. The summed E-state index contributed by atoms with van der Waals surface area (Å²) < 4.78 is 16.6. The summed E-state index contributed by atoms with van der Waals surface area (Å²) in [6, 6.07) is 7.70. The van der Waals surface area contributed by atoms with Gasteiger partial charge in [0.25, 0.3) is 0 Å². The van der Waals surface area contributed by atoms with Gasteiger partial charge < -0.3 is 19.1 Å². The first-order chi connectivity index (χ1) is 10.9. The van der Waals surface area contributed by atoms with E-state index in [1.165, 1.54) is 0 Å². The van der Waals surface area contributed by atoms with Gasteiger partial charge in [0.1, 0.15) is 5.75 Å². The summed E-state index contributed by atoms with van der Waals surface area (Å²) in [6.45, 7) is 8.28. The normalized spacial score (nSPS) is 20.3. The second-order valence-electron chi connectivity index (χ2n) is 6.48. The largest absolute Gasteiger partial charge is 0.494 e. The predicted molar refractivity (Wildman–Crippen MR) is 88.7 cm³/mol. The maximum absolute atomic E-state index is 12.6. The minimum Gasteiger partial charge on any atom is -0.494 e. The molecule has 1 atom stereocenters. The molecule has 0 bridgehead atoms. The molecule has 1 fully saturated rings. The maximum Gasteiger partial charge on any atom is 0.227 e. The number of amides is 1. The topological polar surface area (TPSA) is 48.0 Å². The van der Waals surface area contributed by atoms with Crippen molar-refractivity contribution in [2.45, 2.75) is 38.9 Å². The zero-order valence-electron chi connectivity index (χ0n) is 14.5. The van der Waals surface area contributed by atoms with Crippen LogP contribution in [0.15, 0.2) is 24.3 Å². The highest BCUT2D eigenvalue weighted by atomic mass is 16.5. The number of ether oxygens (including phenoxy) is 3. The molecular weight excluding hydrogens is 294 g/mol. The van der Waals surface area contributed by atoms with Gasteiger partial charge in [-0.05, 0) is 38.5 Å². The fourth-order valence-corrected chi connectivity index (χ4v) is 2.91. The first-order valence-electron chi connectivity index (χ1n) is 8.10. The van der Waals surface area contributed by atoms with E-state index >= 15 is 0 Å². The summed E-state index contributed by atoms with van der Waals surface area (Å²) in [4.78, 5) is 14.5. The minimum absolute atomic E-state index is 0.0759. The highest BCUT2D eigenvalue weighted by molar-refractivity contribution is 5.79. The van der Waals surface area contributed by atoms with Gasteiger partial charge in [-0.1, -0.05) is 12.1 Å². The van der Waals surface area contributed by atoms with Crippen LogP contribution < -0.4 is 4.74 Å². The maximum atomic E-state index is 12.6. The van der Waals surface area contributed by atoms with E-state index in [9.17, 15) is 4.79 Å². The van der Waals surface area contributed by atoms with Crippen molar-refractivity contribution in [3.63, 3.8) is 0 Å². The van der Waals surface area contributed by atoms with Crippen LogP contribution in [0.2, 0.25) is 0 Å². The van der Waals surface area contributed by atoms with E-state index in [-0.39, 0.29) is 17.6 Å². The Hall–Kier alpha value is -1.59. The standard InChI is InChI=1S/C18H27NO4/c1-5-22-15-8-6-14(7-9-15)10-17(20)19-11-16(12-21-4)23-18(2,3)13-19/h6-9,16H,5,10-13H2,1-4H3/t16-/m0/s1. The van der Waals surface area contributed by atoms with Crippen molar-refractivity contribution in [2.75, 3.05) is 33.4 Å². The van der Waals surface area contributed by atoms with Gasteiger partial charge in [0.15, 0.2) is 0 Å². The molecule has 0 N–H and O–H groups in total. The lowest BCUT2D eigenvalue weighted by Gasteiger charge is -2.42. The molecule has 0 aliphatic carbocycles. The van der Waals surface area contributed by atoms with Crippen LogP contribution in [0.25, 0.3) is 0 Å². The van der Waals surface area contributed by atoms with Gasteiger partial charge in [-0.15, -0.1) is 0 Å². The van der Waals surface area contributed by atoms with Crippen LogP contribution in [0.1, 0.15) is 26.3 Å². The van der Waals surface area contributed by atoms with Crippen molar-refractivity contribution >= 4 is 5.91 Å². The molecule has 0 unspecified atom stereocenters. The first-order valence-corrected chi connectivity index (χ1v) is 8.10. The molecule has 1 aliphatic rings. The van der Waals surface area contributed by atoms with Crippen molar-refractivity contribution in [1.29, 1.82) is 0 Å². The van der Waals surface area contributed by atoms with Gasteiger partial charge in [0.2, 0.25) is 5.91 Å². The Balaban J connectivity index is 1.98. The number of nitrogens with zero attached hydrogens (tertiary/aromatic N) is 1. The fourth-order valence-electron chi connectivity index (χ4n) is 2.91. The lowest BCUT2D eigenvalue weighted by molar-refractivity contribution is -0.168. The van der Waals surface area contributed by atoms with Gasteiger partial charge in [0.05, 0.1) is 31.3 Å². The second-order valence-corrected chi connectivity index (χ2v) is 6.48. The number of hydrogen-bond donors (Lipinski definition) is 0. The van der Waals surface area contributed by atoms with E-state index in [0.29, 0.717) is 32.7 Å². The van der Waals surface area contributed by atoms with Gasteiger partial charge >= 0.3 is 0 Å². The summed E-state index contributed by atoms with van der Waals surface area (Å²) >= 11 is 0. The summed E-state index contributed by atoms with van der Waals surface area (Å²) in [5, 5.41) is 0. The number of benzene rings is 1. The molecule has 1 aromatic carbocycles. The molecule has 23 heavy (non-hydrogen) atoms. The van der Waals surface area contributed by atoms with E-state index in [4.69, 9.17) is 14.2 Å². The molecule has 0 spiro atoms. The van der Waals surface area contributed by atoms with Crippen molar-refractivity contribution in [3.8, 4) is 5.75 Å². The number of morpholine rings is 1. The quantitative estimate of drug-likeness (QED) is 0.806. The molecule has 5 nitrogen and oxygen atoms in total. The van der Waals surface area contributed by atoms with Crippen LogP contribution in [-0.4, -0.2) is 55.9 Å². The molecule has 1 aromatic rings. The molecule has 0 aromatic heterocycles. The fraction of sp³-hybridized carbons (Fsp3) is 0.611. The molecule has 5 heteroatoms. The average Bonchev–Trinajstić information content (AvgIpc) is 2.48. The van der Waals surface area contributed by atoms with Crippen molar-refractivity contribution < 1.29 is 19.0 Å². The molecule has 128 valence electrons. The van der Waals surface area contributed by atoms with Gasteiger partial charge in [-0.3, -0.25) is 4.79 Å². The van der Waals surface area contributed by atoms with Gasteiger partial charge in [-0.2, -0.15) is 0 Å². The molecule has 2 rings (SSSR count). The summed E-state index contributed by atoms with van der Waals surface area (Å²) in [6.07, 6.45) is 0.315. The molecule has 0 saturated carbocycles. The Morgan fingerprint density at radius 1 is 1.35 bits per heavy atom. The van der Waals surface area contributed by atoms with Crippen LogP contribution in [0.4, 0.5) is 0 Å².